The second-order valence-electron chi connectivity index (χ2n) is 2.36. The molecular formula is C9H18O5. The van der Waals surface area contributed by atoms with E-state index >= 15 is 0 Å². The fourth-order valence-corrected chi connectivity index (χ4v) is 0.525. The van der Waals surface area contributed by atoms with Crippen LogP contribution in [0, 0.1) is 0 Å². The first-order valence-corrected chi connectivity index (χ1v) is 4.43. The number of aliphatic carboxylic acids is 1. The van der Waals surface area contributed by atoms with Gasteiger partial charge in [-0.3, -0.25) is 4.79 Å². The molecule has 0 spiro atoms. The first-order valence-electron chi connectivity index (χ1n) is 4.43. The Balaban J connectivity index is 0. The molecule has 0 aliphatic heterocycles. The van der Waals surface area contributed by atoms with Gasteiger partial charge in [-0.25, -0.2) is 4.79 Å². The van der Waals surface area contributed by atoms with Gasteiger partial charge in [0.15, 0.2) is 6.10 Å². The zero-order chi connectivity index (χ0) is 11.6. The van der Waals surface area contributed by atoms with E-state index < -0.39 is 12.1 Å². The van der Waals surface area contributed by atoms with E-state index in [1.165, 1.54) is 13.8 Å². The largest absolute Gasteiger partial charge is 0.479 e. The van der Waals surface area contributed by atoms with E-state index in [0.717, 1.165) is 0 Å². The molecule has 0 amide bonds. The molecule has 1 atom stereocenters. The number of carbonyl (C=O) groups is 2. The van der Waals surface area contributed by atoms with Gasteiger partial charge < -0.3 is 14.6 Å². The zero-order valence-corrected chi connectivity index (χ0v) is 9.07. The molecule has 0 rings (SSSR count). The van der Waals surface area contributed by atoms with Crippen molar-refractivity contribution < 1.29 is 24.2 Å². The third-order valence-electron chi connectivity index (χ3n) is 1.11. The van der Waals surface area contributed by atoms with Crippen LogP contribution in [-0.2, 0) is 19.1 Å². The minimum absolute atomic E-state index is 0.211. The molecule has 5 heteroatoms. The summed E-state index contributed by atoms with van der Waals surface area (Å²) in [5, 5.41) is 8.19. The summed E-state index contributed by atoms with van der Waals surface area (Å²) < 4.78 is 9.11. The quantitative estimate of drug-likeness (QED) is 0.696. The Bertz CT molecular complexity index is 167. The monoisotopic (exact) mass is 206 g/mol. The first-order chi connectivity index (χ1) is 6.45. The molecule has 0 aromatic carbocycles. The van der Waals surface area contributed by atoms with Crippen LogP contribution in [0.5, 0.6) is 0 Å². The topological polar surface area (TPSA) is 72.8 Å². The summed E-state index contributed by atoms with van der Waals surface area (Å²) >= 11 is 0. The number of carbonyl (C=O) groups excluding carboxylic acids is 1. The van der Waals surface area contributed by atoms with Crippen LogP contribution in [-0.4, -0.2) is 36.4 Å². The number of esters is 1. The summed E-state index contributed by atoms with van der Waals surface area (Å²) in [6.07, 6.45) is -0.667. The van der Waals surface area contributed by atoms with Crippen LogP contribution < -0.4 is 0 Å². The summed E-state index contributed by atoms with van der Waals surface area (Å²) in [5.41, 5.74) is 0. The minimum Gasteiger partial charge on any atom is -0.479 e. The van der Waals surface area contributed by atoms with E-state index in [0.29, 0.717) is 13.2 Å². The molecule has 0 radical (unpaired) electrons. The predicted molar refractivity (Wildman–Crippen MR) is 51.0 cm³/mol. The van der Waals surface area contributed by atoms with E-state index in [-0.39, 0.29) is 5.97 Å². The highest BCUT2D eigenvalue weighted by molar-refractivity contribution is 5.71. The fourth-order valence-electron chi connectivity index (χ4n) is 0.525. The molecule has 5 nitrogen and oxygen atoms in total. The maximum absolute atomic E-state index is 9.96. The van der Waals surface area contributed by atoms with Crippen LogP contribution >= 0.6 is 0 Å². The van der Waals surface area contributed by atoms with Crippen molar-refractivity contribution in [3.63, 3.8) is 0 Å². The fraction of sp³-hybridized carbons (Fsp3) is 0.778. The van der Waals surface area contributed by atoms with Gasteiger partial charge in [-0.1, -0.05) is 0 Å². The van der Waals surface area contributed by atoms with Gasteiger partial charge in [-0.15, -0.1) is 0 Å². The van der Waals surface area contributed by atoms with Crippen LogP contribution in [0.1, 0.15) is 27.7 Å². The lowest BCUT2D eigenvalue weighted by molar-refractivity contribution is -0.148. The highest BCUT2D eigenvalue weighted by atomic mass is 16.5. The zero-order valence-electron chi connectivity index (χ0n) is 9.07. The van der Waals surface area contributed by atoms with Crippen LogP contribution in [0.3, 0.4) is 0 Å². The predicted octanol–water partition coefficient (Wildman–Crippen LogP) is 1.07. The van der Waals surface area contributed by atoms with Crippen molar-refractivity contribution in [1.82, 2.24) is 0 Å². The molecular weight excluding hydrogens is 188 g/mol. The Morgan fingerprint density at radius 2 is 1.79 bits per heavy atom. The Kier molecular flexibility index (Phi) is 11.0. The molecule has 0 saturated carbocycles. The lowest BCUT2D eigenvalue weighted by Crippen LogP contribution is -2.19. The number of rotatable bonds is 4. The highest BCUT2D eigenvalue weighted by Crippen LogP contribution is 1.87. The van der Waals surface area contributed by atoms with Crippen LogP contribution in [0.4, 0.5) is 0 Å². The molecule has 0 aromatic rings. The maximum Gasteiger partial charge on any atom is 0.332 e. The van der Waals surface area contributed by atoms with Crippen molar-refractivity contribution in [2.75, 3.05) is 13.2 Å². The molecule has 0 fully saturated rings. The standard InChI is InChI=1S/C5H10O3.C4H8O2/c1-3-8-4(2)5(6)7;1-3-6-4(2)5/h4H,3H2,1-2H3,(H,6,7);3H2,1-2H3. The van der Waals surface area contributed by atoms with E-state index in [4.69, 9.17) is 9.84 Å². The van der Waals surface area contributed by atoms with Gasteiger partial charge in [0.1, 0.15) is 0 Å². The summed E-state index contributed by atoms with van der Waals surface area (Å²) in [7, 11) is 0. The normalized spacial score (nSPS) is 10.9. The molecule has 0 heterocycles. The van der Waals surface area contributed by atoms with Gasteiger partial charge in [0.2, 0.25) is 0 Å². The van der Waals surface area contributed by atoms with Crippen molar-refractivity contribution >= 4 is 11.9 Å². The summed E-state index contributed by atoms with van der Waals surface area (Å²) in [6.45, 7) is 7.37. The van der Waals surface area contributed by atoms with Crippen molar-refractivity contribution in [2.45, 2.75) is 33.8 Å². The number of hydrogen-bond donors (Lipinski definition) is 1. The molecule has 1 unspecified atom stereocenters. The lowest BCUT2D eigenvalue weighted by Gasteiger charge is -2.03. The third-order valence-corrected chi connectivity index (χ3v) is 1.11. The van der Waals surface area contributed by atoms with Gasteiger partial charge in [0, 0.05) is 13.5 Å². The molecule has 14 heavy (non-hydrogen) atoms. The minimum atomic E-state index is -0.910. The maximum atomic E-state index is 9.96. The van der Waals surface area contributed by atoms with Crippen LogP contribution in [0.25, 0.3) is 0 Å². The van der Waals surface area contributed by atoms with Crippen molar-refractivity contribution in [2.24, 2.45) is 0 Å². The van der Waals surface area contributed by atoms with Crippen LogP contribution in [0.15, 0.2) is 0 Å². The lowest BCUT2D eigenvalue weighted by atomic mass is 10.4. The second kappa shape index (κ2) is 9.98. The molecule has 1 N–H and O–H groups in total. The Hall–Kier alpha value is -1.10. The van der Waals surface area contributed by atoms with Crippen molar-refractivity contribution in [3.8, 4) is 0 Å². The Morgan fingerprint density at radius 3 is 1.86 bits per heavy atom. The number of carboxylic acid groups (broad SMARTS) is 1. The smallest absolute Gasteiger partial charge is 0.332 e. The Morgan fingerprint density at radius 1 is 1.29 bits per heavy atom. The van der Waals surface area contributed by atoms with Crippen molar-refractivity contribution in [3.05, 3.63) is 0 Å². The molecule has 0 bridgehead atoms. The van der Waals surface area contributed by atoms with E-state index in [9.17, 15) is 9.59 Å². The van der Waals surface area contributed by atoms with E-state index in [2.05, 4.69) is 4.74 Å². The van der Waals surface area contributed by atoms with Gasteiger partial charge in [-0.05, 0) is 20.8 Å². The third kappa shape index (κ3) is 13.5. The average molecular weight is 206 g/mol. The summed E-state index contributed by atoms with van der Waals surface area (Å²) in [4.78, 5) is 19.8. The molecule has 0 aliphatic carbocycles. The molecule has 0 aromatic heterocycles. The average Bonchev–Trinajstić information content (AvgIpc) is 2.05. The van der Waals surface area contributed by atoms with Gasteiger partial charge in [0.25, 0.3) is 0 Å². The van der Waals surface area contributed by atoms with Crippen molar-refractivity contribution in [1.29, 1.82) is 0 Å². The van der Waals surface area contributed by atoms with E-state index in [1.54, 1.807) is 13.8 Å². The van der Waals surface area contributed by atoms with Gasteiger partial charge in [-0.2, -0.15) is 0 Å². The first kappa shape index (κ1) is 15.4. The molecule has 0 aliphatic rings. The number of ether oxygens (including phenoxy) is 2. The SMILES string of the molecule is CCOC(C)=O.CCOC(C)C(=O)O. The second-order valence-corrected chi connectivity index (χ2v) is 2.36. The van der Waals surface area contributed by atoms with Gasteiger partial charge >= 0.3 is 11.9 Å². The number of carboxylic acids is 1. The number of hydrogen-bond acceptors (Lipinski definition) is 4. The summed E-state index contributed by atoms with van der Waals surface area (Å²) in [5.74, 6) is -1.12. The molecule has 84 valence electrons. The van der Waals surface area contributed by atoms with E-state index in [1.807, 2.05) is 0 Å². The summed E-state index contributed by atoms with van der Waals surface area (Å²) in [6, 6.07) is 0. The Labute approximate surface area is 84.0 Å². The molecule has 0 saturated heterocycles. The highest BCUT2D eigenvalue weighted by Gasteiger charge is 2.07. The van der Waals surface area contributed by atoms with Crippen LogP contribution in [0.2, 0.25) is 0 Å². The van der Waals surface area contributed by atoms with Gasteiger partial charge in [0.05, 0.1) is 6.61 Å².